The van der Waals surface area contributed by atoms with E-state index in [1.54, 1.807) is 6.08 Å². The van der Waals surface area contributed by atoms with Crippen molar-refractivity contribution in [2.75, 3.05) is 0 Å². The number of nitriles is 1. The zero-order valence-electron chi connectivity index (χ0n) is 6.81. The molecule has 0 aliphatic rings. The SMILES string of the molecule is N#CSc1ccc(/C=C/C=O)cc1. The van der Waals surface area contributed by atoms with Crippen molar-refractivity contribution in [1.82, 2.24) is 0 Å². The van der Waals surface area contributed by atoms with Crippen molar-refractivity contribution in [2.24, 2.45) is 0 Å². The molecule has 0 fully saturated rings. The van der Waals surface area contributed by atoms with Crippen LogP contribution in [0.3, 0.4) is 0 Å². The molecule has 64 valence electrons. The van der Waals surface area contributed by atoms with Gasteiger partial charge in [-0.1, -0.05) is 18.2 Å². The van der Waals surface area contributed by atoms with Crippen molar-refractivity contribution in [3.8, 4) is 5.40 Å². The summed E-state index contributed by atoms with van der Waals surface area (Å²) in [5.74, 6) is 0. The highest BCUT2D eigenvalue weighted by Crippen LogP contribution is 2.16. The first-order valence-electron chi connectivity index (χ1n) is 3.64. The van der Waals surface area contributed by atoms with E-state index in [-0.39, 0.29) is 0 Å². The first kappa shape index (κ1) is 9.56. The number of thiocyanates is 1. The molecule has 1 aromatic rings. The smallest absolute Gasteiger partial charge is 0.142 e. The van der Waals surface area contributed by atoms with Crippen LogP contribution in [0, 0.1) is 10.7 Å². The van der Waals surface area contributed by atoms with Gasteiger partial charge in [-0.25, -0.2) is 0 Å². The molecule has 0 saturated carbocycles. The molecule has 0 aromatic heterocycles. The largest absolute Gasteiger partial charge is 0.299 e. The van der Waals surface area contributed by atoms with E-state index in [9.17, 15) is 4.79 Å². The minimum atomic E-state index is 0.734. The van der Waals surface area contributed by atoms with Crippen molar-refractivity contribution < 1.29 is 4.79 Å². The molecule has 0 heterocycles. The van der Waals surface area contributed by atoms with Crippen molar-refractivity contribution in [1.29, 1.82) is 5.26 Å². The molecule has 0 atom stereocenters. The highest BCUT2D eigenvalue weighted by Gasteiger charge is 1.91. The number of thioether (sulfide) groups is 1. The fourth-order valence-electron chi connectivity index (χ4n) is 0.850. The molecule has 1 rings (SSSR count). The van der Waals surface area contributed by atoms with Gasteiger partial charge in [0, 0.05) is 4.90 Å². The summed E-state index contributed by atoms with van der Waals surface area (Å²) < 4.78 is 0. The molecule has 3 heteroatoms. The zero-order chi connectivity index (χ0) is 9.52. The average molecular weight is 189 g/mol. The molecular weight excluding hydrogens is 182 g/mol. The van der Waals surface area contributed by atoms with Gasteiger partial charge in [-0.3, -0.25) is 4.79 Å². The van der Waals surface area contributed by atoms with Crippen LogP contribution in [0.1, 0.15) is 5.56 Å². The van der Waals surface area contributed by atoms with Gasteiger partial charge in [0.2, 0.25) is 0 Å². The van der Waals surface area contributed by atoms with Gasteiger partial charge in [0.05, 0.1) is 0 Å². The number of hydrogen-bond donors (Lipinski definition) is 0. The maximum Gasteiger partial charge on any atom is 0.142 e. The molecule has 0 spiro atoms. The van der Waals surface area contributed by atoms with Gasteiger partial charge < -0.3 is 0 Å². The monoisotopic (exact) mass is 189 g/mol. The Morgan fingerprint density at radius 3 is 2.54 bits per heavy atom. The molecule has 0 amide bonds. The Bertz CT molecular complexity index is 348. The average Bonchev–Trinajstić information content (AvgIpc) is 2.17. The van der Waals surface area contributed by atoms with Gasteiger partial charge in [-0.05, 0) is 35.5 Å². The predicted molar refractivity (Wildman–Crippen MR) is 53.0 cm³/mol. The third kappa shape index (κ3) is 3.14. The molecule has 0 aliphatic carbocycles. The van der Waals surface area contributed by atoms with E-state index in [0.29, 0.717) is 0 Å². The van der Waals surface area contributed by atoms with E-state index in [0.717, 1.165) is 28.5 Å². The lowest BCUT2D eigenvalue weighted by Crippen LogP contribution is -1.72. The molecule has 0 saturated heterocycles. The van der Waals surface area contributed by atoms with Crippen LogP contribution >= 0.6 is 11.8 Å². The number of carbonyl (C=O) groups excluding carboxylic acids is 1. The summed E-state index contributed by atoms with van der Waals surface area (Å²) in [6.45, 7) is 0. The van der Waals surface area contributed by atoms with Crippen LogP contribution in [0.2, 0.25) is 0 Å². The number of aldehydes is 1. The standard InChI is InChI=1S/C10H7NOS/c11-8-13-10-5-3-9(4-6-10)2-1-7-12/h1-7H/b2-1+. The van der Waals surface area contributed by atoms with Crippen molar-refractivity contribution in [3.05, 3.63) is 35.9 Å². The molecule has 0 aliphatic heterocycles. The van der Waals surface area contributed by atoms with Gasteiger partial charge >= 0.3 is 0 Å². The van der Waals surface area contributed by atoms with Gasteiger partial charge in [0.1, 0.15) is 11.7 Å². The lowest BCUT2D eigenvalue weighted by Gasteiger charge is -1.94. The number of hydrogen-bond acceptors (Lipinski definition) is 3. The second kappa shape index (κ2) is 5.18. The molecule has 0 radical (unpaired) electrons. The number of rotatable bonds is 3. The molecule has 0 unspecified atom stereocenters. The van der Waals surface area contributed by atoms with Crippen LogP contribution in [0.25, 0.3) is 6.08 Å². The second-order valence-electron chi connectivity index (χ2n) is 2.26. The Kier molecular flexibility index (Phi) is 3.80. The van der Waals surface area contributed by atoms with Gasteiger partial charge in [0.15, 0.2) is 0 Å². The predicted octanol–water partition coefficient (Wildman–Crippen LogP) is 2.47. The molecular formula is C10H7NOS. The van der Waals surface area contributed by atoms with Crippen LogP contribution < -0.4 is 0 Å². The van der Waals surface area contributed by atoms with Crippen LogP contribution in [0.4, 0.5) is 0 Å². The van der Waals surface area contributed by atoms with Crippen LogP contribution in [-0.4, -0.2) is 6.29 Å². The number of carbonyl (C=O) groups is 1. The van der Waals surface area contributed by atoms with E-state index in [2.05, 4.69) is 0 Å². The fraction of sp³-hybridized carbons (Fsp3) is 0. The third-order valence-corrected chi connectivity index (χ3v) is 2.01. The molecule has 13 heavy (non-hydrogen) atoms. The van der Waals surface area contributed by atoms with E-state index < -0.39 is 0 Å². The maximum absolute atomic E-state index is 10.0. The molecule has 2 nitrogen and oxygen atoms in total. The molecule has 0 N–H and O–H groups in total. The lowest BCUT2D eigenvalue weighted by atomic mass is 10.2. The zero-order valence-corrected chi connectivity index (χ0v) is 7.62. The van der Waals surface area contributed by atoms with E-state index in [4.69, 9.17) is 5.26 Å². The minimum absolute atomic E-state index is 0.734. The van der Waals surface area contributed by atoms with E-state index >= 15 is 0 Å². The summed E-state index contributed by atoms with van der Waals surface area (Å²) in [4.78, 5) is 10.9. The number of allylic oxidation sites excluding steroid dienone is 1. The van der Waals surface area contributed by atoms with Crippen molar-refractivity contribution >= 4 is 24.1 Å². The van der Waals surface area contributed by atoms with Gasteiger partial charge in [-0.2, -0.15) is 5.26 Å². The van der Waals surface area contributed by atoms with Gasteiger partial charge in [0.25, 0.3) is 0 Å². The number of benzene rings is 1. The quantitative estimate of drug-likeness (QED) is 0.317. The first-order valence-corrected chi connectivity index (χ1v) is 4.46. The highest BCUT2D eigenvalue weighted by atomic mass is 32.2. The highest BCUT2D eigenvalue weighted by molar-refractivity contribution is 8.03. The molecule has 1 aromatic carbocycles. The Balaban J connectivity index is 2.76. The normalized spacial score (nSPS) is 9.77. The Labute approximate surface area is 80.9 Å². The maximum atomic E-state index is 10.0. The van der Waals surface area contributed by atoms with Crippen molar-refractivity contribution in [3.63, 3.8) is 0 Å². The van der Waals surface area contributed by atoms with E-state index in [1.165, 1.54) is 6.08 Å². The summed E-state index contributed by atoms with van der Waals surface area (Å²) in [6.07, 6.45) is 3.89. The Morgan fingerprint density at radius 1 is 1.31 bits per heavy atom. The van der Waals surface area contributed by atoms with Gasteiger partial charge in [-0.15, -0.1) is 0 Å². The molecule has 0 bridgehead atoms. The Hall–Kier alpha value is -1.53. The van der Waals surface area contributed by atoms with Crippen LogP contribution in [0.5, 0.6) is 0 Å². The summed E-state index contributed by atoms with van der Waals surface area (Å²) >= 11 is 1.12. The minimum Gasteiger partial charge on any atom is -0.299 e. The fourth-order valence-corrected chi connectivity index (χ4v) is 1.23. The third-order valence-electron chi connectivity index (χ3n) is 1.41. The summed E-state index contributed by atoms with van der Waals surface area (Å²) in [6, 6.07) is 7.41. The number of nitrogens with zero attached hydrogens (tertiary/aromatic N) is 1. The van der Waals surface area contributed by atoms with Crippen molar-refractivity contribution in [2.45, 2.75) is 4.90 Å². The van der Waals surface area contributed by atoms with E-state index in [1.807, 2.05) is 29.7 Å². The lowest BCUT2D eigenvalue weighted by molar-refractivity contribution is -0.104. The Morgan fingerprint density at radius 2 is 2.00 bits per heavy atom. The summed E-state index contributed by atoms with van der Waals surface area (Å²) in [7, 11) is 0. The summed E-state index contributed by atoms with van der Waals surface area (Å²) in [5.41, 5.74) is 0.953. The topological polar surface area (TPSA) is 40.9 Å². The second-order valence-corrected chi connectivity index (χ2v) is 3.12. The summed E-state index contributed by atoms with van der Waals surface area (Å²) in [5, 5.41) is 10.4. The first-order chi connectivity index (χ1) is 6.36. The van der Waals surface area contributed by atoms with Crippen LogP contribution in [0.15, 0.2) is 35.2 Å². The van der Waals surface area contributed by atoms with Crippen LogP contribution in [-0.2, 0) is 4.79 Å².